The van der Waals surface area contributed by atoms with Crippen molar-refractivity contribution in [2.24, 2.45) is 4.99 Å². The van der Waals surface area contributed by atoms with Crippen molar-refractivity contribution >= 4 is 37.5 Å². The quantitative estimate of drug-likeness (QED) is 0.513. The number of fused-ring (bicyclic) bond motifs is 2. The van der Waals surface area contributed by atoms with Crippen LogP contribution in [0.25, 0.3) is 10.2 Å². The highest BCUT2D eigenvalue weighted by molar-refractivity contribution is 7.89. The summed E-state index contributed by atoms with van der Waals surface area (Å²) in [6.45, 7) is 3.78. The fraction of sp³-hybridized carbons (Fsp3) is 0.391. The van der Waals surface area contributed by atoms with Gasteiger partial charge in [0.05, 0.1) is 21.2 Å². The largest absolute Gasteiger partial charge is 0.454 e. The van der Waals surface area contributed by atoms with Crippen molar-refractivity contribution in [3.63, 3.8) is 0 Å². The smallest absolute Gasteiger partial charge is 0.279 e. The van der Waals surface area contributed by atoms with Gasteiger partial charge in [-0.2, -0.15) is 9.30 Å². The van der Waals surface area contributed by atoms with Crippen LogP contribution in [-0.2, 0) is 21.3 Å². The van der Waals surface area contributed by atoms with Gasteiger partial charge in [-0.05, 0) is 44.0 Å². The van der Waals surface area contributed by atoms with Crippen LogP contribution in [0.2, 0.25) is 0 Å². The van der Waals surface area contributed by atoms with Crippen LogP contribution in [0.1, 0.15) is 30.1 Å². The van der Waals surface area contributed by atoms with E-state index < -0.39 is 15.9 Å². The number of aromatic nitrogens is 1. The lowest BCUT2D eigenvalue weighted by atomic mass is 10.2. The lowest BCUT2D eigenvalue weighted by molar-refractivity contribution is 0.0979. The Bertz CT molecular complexity index is 1400. The molecule has 9 nitrogen and oxygen atoms in total. The van der Waals surface area contributed by atoms with Crippen molar-refractivity contribution in [1.29, 1.82) is 0 Å². The van der Waals surface area contributed by atoms with Crippen LogP contribution in [0.5, 0.6) is 11.5 Å². The number of sulfonamides is 1. The first-order chi connectivity index (χ1) is 16.4. The Kier molecular flexibility index (Phi) is 6.19. The van der Waals surface area contributed by atoms with E-state index in [1.807, 2.05) is 23.6 Å². The maximum absolute atomic E-state index is 12.9. The molecular formula is C23H25N3O6S2. The molecule has 2 aliphatic heterocycles. The molecule has 1 atom stereocenters. The zero-order valence-electron chi connectivity index (χ0n) is 18.9. The lowest BCUT2D eigenvalue weighted by Crippen LogP contribution is -2.34. The molecule has 2 aromatic carbocycles. The number of hydrogen-bond donors (Lipinski definition) is 0. The topological polar surface area (TPSA) is 99.4 Å². The first kappa shape index (κ1) is 23.0. The van der Waals surface area contributed by atoms with Gasteiger partial charge >= 0.3 is 0 Å². The molecule has 0 bridgehead atoms. The second kappa shape index (κ2) is 9.14. The van der Waals surface area contributed by atoms with E-state index in [4.69, 9.17) is 14.2 Å². The summed E-state index contributed by atoms with van der Waals surface area (Å²) in [5.74, 6) is 0.910. The summed E-state index contributed by atoms with van der Waals surface area (Å²) in [6.07, 6.45) is 1.72. The van der Waals surface area contributed by atoms with Gasteiger partial charge in [0, 0.05) is 44.4 Å². The van der Waals surface area contributed by atoms with Gasteiger partial charge in [0.15, 0.2) is 16.3 Å². The predicted molar refractivity (Wildman–Crippen MR) is 127 cm³/mol. The number of ether oxygens (including phenoxy) is 3. The van der Waals surface area contributed by atoms with Crippen molar-refractivity contribution in [3.8, 4) is 11.5 Å². The summed E-state index contributed by atoms with van der Waals surface area (Å²) < 4.78 is 46.4. The number of benzene rings is 2. The van der Waals surface area contributed by atoms with Gasteiger partial charge in [0.25, 0.3) is 5.91 Å². The molecule has 1 fully saturated rings. The Labute approximate surface area is 201 Å². The highest BCUT2D eigenvalue weighted by Gasteiger charge is 2.26. The van der Waals surface area contributed by atoms with E-state index in [9.17, 15) is 13.2 Å². The number of thiazole rings is 1. The van der Waals surface area contributed by atoms with Crippen molar-refractivity contribution in [1.82, 2.24) is 8.87 Å². The summed E-state index contributed by atoms with van der Waals surface area (Å²) in [5, 5.41) is 0. The van der Waals surface area contributed by atoms with E-state index in [0.29, 0.717) is 41.6 Å². The molecular weight excluding hydrogens is 478 g/mol. The predicted octanol–water partition coefficient (Wildman–Crippen LogP) is 2.99. The van der Waals surface area contributed by atoms with E-state index in [2.05, 4.69) is 4.99 Å². The fourth-order valence-electron chi connectivity index (χ4n) is 4.12. The number of nitrogens with zero attached hydrogens (tertiary/aromatic N) is 3. The molecule has 0 radical (unpaired) electrons. The number of carbonyl (C=O) groups excluding carboxylic acids is 1. The van der Waals surface area contributed by atoms with Crippen molar-refractivity contribution in [2.75, 3.05) is 27.0 Å². The third-order valence-corrected chi connectivity index (χ3v) is 8.86. The minimum Gasteiger partial charge on any atom is -0.454 e. The van der Waals surface area contributed by atoms with E-state index in [1.165, 1.54) is 39.9 Å². The number of amides is 1. The summed E-state index contributed by atoms with van der Waals surface area (Å²) in [5.41, 5.74) is 1.23. The lowest BCUT2D eigenvalue weighted by Gasteiger charge is -2.20. The van der Waals surface area contributed by atoms with Crippen molar-refractivity contribution in [3.05, 3.63) is 46.8 Å². The second-order valence-corrected chi connectivity index (χ2v) is 11.2. The summed E-state index contributed by atoms with van der Waals surface area (Å²) >= 11 is 1.39. The van der Waals surface area contributed by atoms with Crippen LogP contribution in [0.15, 0.2) is 46.3 Å². The van der Waals surface area contributed by atoms with Crippen molar-refractivity contribution < 1.29 is 27.4 Å². The zero-order valence-corrected chi connectivity index (χ0v) is 20.5. The van der Waals surface area contributed by atoms with Gasteiger partial charge in [-0.25, -0.2) is 8.42 Å². The van der Waals surface area contributed by atoms with E-state index in [0.717, 1.165) is 23.1 Å². The molecule has 0 spiro atoms. The molecule has 0 N–H and O–H groups in total. The van der Waals surface area contributed by atoms with Gasteiger partial charge in [-0.15, -0.1) is 0 Å². The fourth-order valence-corrected chi connectivity index (χ4v) is 6.43. The van der Waals surface area contributed by atoms with Gasteiger partial charge in [-0.1, -0.05) is 11.3 Å². The Morgan fingerprint density at radius 1 is 1.21 bits per heavy atom. The molecule has 0 aliphatic carbocycles. The molecule has 1 aromatic heterocycles. The van der Waals surface area contributed by atoms with Crippen molar-refractivity contribution in [2.45, 2.75) is 37.3 Å². The van der Waals surface area contributed by atoms with E-state index in [1.54, 1.807) is 7.05 Å². The number of hydrogen-bond acceptors (Lipinski definition) is 7. The summed E-state index contributed by atoms with van der Waals surface area (Å²) in [4.78, 5) is 17.9. The third kappa shape index (κ3) is 4.24. The highest BCUT2D eigenvalue weighted by Crippen LogP contribution is 2.37. The molecule has 3 heterocycles. The SMILES string of the molecule is CCn1c(=NC(=O)c2ccc(S(=O)(=O)N(C)CC3CCCO3)cc2)sc2cc3c(cc21)OCO3. The average molecular weight is 504 g/mol. The molecule has 1 amide bonds. The van der Waals surface area contributed by atoms with Gasteiger partial charge in [-0.3, -0.25) is 4.79 Å². The Morgan fingerprint density at radius 2 is 1.94 bits per heavy atom. The number of likely N-dealkylation sites (N-methyl/N-ethyl adjacent to an activating group) is 1. The van der Waals surface area contributed by atoms with Gasteiger partial charge < -0.3 is 18.8 Å². The van der Waals surface area contributed by atoms with Crippen LogP contribution < -0.4 is 14.3 Å². The molecule has 5 rings (SSSR count). The zero-order chi connectivity index (χ0) is 23.9. The molecule has 11 heteroatoms. The van der Waals surface area contributed by atoms with Gasteiger partial charge in [0.1, 0.15) is 0 Å². The standard InChI is InChI=1S/C23H25N3O6S2/c1-3-26-18-11-19-20(32-14-31-19)12-21(18)33-23(26)24-22(27)15-6-8-17(9-7-15)34(28,29)25(2)13-16-5-4-10-30-16/h6-9,11-12,16H,3-5,10,13-14H2,1-2H3. The third-order valence-electron chi connectivity index (χ3n) is 5.98. The first-order valence-electron chi connectivity index (χ1n) is 11.1. The maximum Gasteiger partial charge on any atom is 0.279 e. The molecule has 1 saturated heterocycles. The van der Waals surface area contributed by atoms with Crippen LogP contribution in [-0.4, -0.2) is 56.3 Å². The van der Waals surface area contributed by atoms with Crippen LogP contribution in [0.3, 0.4) is 0 Å². The molecule has 0 saturated carbocycles. The van der Waals surface area contributed by atoms with E-state index in [-0.39, 0.29) is 17.8 Å². The van der Waals surface area contributed by atoms with Crippen LogP contribution in [0, 0.1) is 0 Å². The Balaban J connectivity index is 1.40. The number of carbonyl (C=O) groups is 1. The number of aryl methyl sites for hydroxylation is 1. The Hall–Kier alpha value is -2.73. The monoisotopic (exact) mass is 503 g/mol. The summed E-state index contributed by atoms with van der Waals surface area (Å²) in [7, 11) is -2.13. The molecule has 180 valence electrons. The average Bonchev–Trinajstić information content (AvgIpc) is 3.57. The number of rotatable bonds is 6. The highest BCUT2D eigenvalue weighted by atomic mass is 32.2. The van der Waals surface area contributed by atoms with Crippen LogP contribution in [0.4, 0.5) is 0 Å². The molecule has 3 aromatic rings. The Morgan fingerprint density at radius 3 is 2.62 bits per heavy atom. The van der Waals surface area contributed by atoms with Gasteiger partial charge in [0.2, 0.25) is 16.8 Å². The first-order valence-corrected chi connectivity index (χ1v) is 13.3. The summed E-state index contributed by atoms with van der Waals surface area (Å²) in [6, 6.07) is 9.68. The minimum absolute atomic E-state index is 0.0784. The molecule has 2 aliphatic rings. The van der Waals surface area contributed by atoms with Crippen LogP contribution >= 0.6 is 11.3 Å². The maximum atomic E-state index is 12.9. The molecule has 1 unspecified atom stereocenters. The normalized spacial score (nSPS) is 18.3. The molecule has 34 heavy (non-hydrogen) atoms. The van der Waals surface area contributed by atoms with E-state index >= 15 is 0 Å². The minimum atomic E-state index is -3.68. The second-order valence-electron chi connectivity index (χ2n) is 8.16.